The van der Waals surface area contributed by atoms with Gasteiger partial charge in [0.15, 0.2) is 0 Å². The van der Waals surface area contributed by atoms with E-state index in [1.54, 1.807) is 11.6 Å². The number of aryl methyl sites for hydroxylation is 2. The van der Waals surface area contributed by atoms with Crippen molar-refractivity contribution >= 4 is 33.4 Å². The van der Waals surface area contributed by atoms with Gasteiger partial charge >= 0.3 is 17.7 Å². The fraction of sp³-hybridized carbons (Fsp3) is 0.333. The predicted molar refractivity (Wildman–Crippen MR) is 84.0 cm³/mol. The standard InChI is InChI=1S/C12H14N4O6S2/c1-4-8-9(7(5-23-8)10(17)18)24(21,22)14-11(19)16-12(20)15(3)6(2)13-16/h5H,4H2,1-3H3,(H,14,19)(H,17,18). The first-order chi connectivity index (χ1) is 11.1. The lowest BCUT2D eigenvalue weighted by molar-refractivity contribution is 0.0693. The van der Waals surface area contributed by atoms with E-state index in [0.717, 1.165) is 15.9 Å². The molecule has 1 amide bonds. The van der Waals surface area contributed by atoms with Gasteiger partial charge in [-0.2, -0.15) is 0 Å². The summed E-state index contributed by atoms with van der Waals surface area (Å²) in [6.45, 7) is 3.13. The van der Waals surface area contributed by atoms with Crippen LogP contribution in [-0.4, -0.2) is 39.9 Å². The summed E-state index contributed by atoms with van der Waals surface area (Å²) in [4.78, 5) is 34.9. The smallest absolute Gasteiger partial charge is 0.360 e. The molecule has 0 radical (unpaired) electrons. The number of nitrogens with one attached hydrogen (secondary N) is 1. The van der Waals surface area contributed by atoms with Gasteiger partial charge in [-0.1, -0.05) is 6.92 Å². The Morgan fingerprint density at radius 3 is 2.50 bits per heavy atom. The molecule has 0 fully saturated rings. The zero-order chi connectivity index (χ0) is 18.2. The maximum atomic E-state index is 12.4. The monoisotopic (exact) mass is 374 g/mol. The van der Waals surface area contributed by atoms with E-state index >= 15 is 0 Å². The second-order valence-electron chi connectivity index (χ2n) is 4.77. The number of carboxylic acid groups (broad SMARTS) is 1. The third-order valence-electron chi connectivity index (χ3n) is 3.25. The van der Waals surface area contributed by atoms with Crippen LogP contribution in [0.15, 0.2) is 15.1 Å². The summed E-state index contributed by atoms with van der Waals surface area (Å²) >= 11 is 0.964. The molecule has 0 atom stereocenters. The molecule has 0 aliphatic heterocycles. The predicted octanol–water partition coefficient (Wildman–Crippen LogP) is 0.159. The minimum atomic E-state index is -4.48. The molecule has 0 unspecified atom stereocenters. The Morgan fingerprint density at radius 2 is 2.04 bits per heavy atom. The van der Waals surface area contributed by atoms with Gasteiger partial charge in [-0.3, -0.25) is 4.57 Å². The molecule has 0 aromatic carbocycles. The van der Waals surface area contributed by atoms with Gasteiger partial charge in [-0.15, -0.1) is 21.1 Å². The molecule has 0 aliphatic carbocycles. The number of carbonyl (C=O) groups is 2. The highest BCUT2D eigenvalue weighted by atomic mass is 32.2. The van der Waals surface area contributed by atoms with Crippen molar-refractivity contribution in [2.45, 2.75) is 25.2 Å². The van der Waals surface area contributed by atoms with Crippen molar-refractivity contribution in [2.24, 2.45) is 7.05 Å². The van der Waals surface area contributed by atoms with Gasteiger partial charge in [0.2, 0.25) is 0 Å². The lowest BCUT2D eigenvalue weighted by Gasteiger charge is -2.07. The number of aromatic carboxylic acids is 1. The average molecular weight is 374 g/mol. The maximum absolute atomic E-state index is 12.4. The Morgan fingerprint density at radius 1 is 1.42 bits per heavy atom. The summed E-state index contributed by atoms with van der Waals surface area (Å²) in [5, 5.41) is 14.0. The van der Waals surface area contributed by atoms with Crippen molar-refractivity contribution in [1.82, 2.24) is 19.1 Å². The van der Waals surface area contributed by atoms with Crippen LogP contribution in [0.2, 0.25) is 0 Å². The number of rotatable bonds is 4. The number of thiophene rings is 1. The Kier molecular flexibility index (Phi) is 4.62. The van der Waals surface area contributed by atoms with Gasteiger partial charge in [0.1, 0.15) is 10.7 Å². The van der Waals surface area contributed by atoms with Crippen molar-refractivity contribution < 1.29 is 23.1 Å². The Labute approximate surface area is 140 Å². The first-order valence-corrected chi connectivity index (χ1v) is 8.99. The van der Waals surface area contributed by atoms with E-state index in [9.17, 15) is 22.8 Å². The van der Waals surface area contributed by atoms with E-state index in [2.05, 4.69) is 5.10 Å². The molecule has 2 aromatic rings. The number of carbonyl (C=O) groups excluding carboxylic acids is 1. The molecule has 12 heteroatoms. The van der Waals surface area contributed by atoms with Crippen molar-refractivity contribution in [3.8, 4) is 0 Å². The van der Waals surface area contributed by atoms with Crippen molar-refractivity contribution in [3.05, 3.63) is 32.1 Å². The molecule has 10 nitrogen and oxygen atoms in total. The average Bonchev–Trinajstić information content (AvgIpc) is 3.04. The summed E-state index contributed by atoms with van der Waals surface area (Å²) in [5.41, 5.74) is -1.25. The van der Waals surface area contributed by atoms with Crippen LogP contribution in [0.25, 0.3) is 0 Å². The molecule has 0 aliphatic rings. The minimum absolute atomic E-state index is 0.212. The molecule has 0 saturated carbocycles. The van der Waals surface area contributed by atoms with Crippen LogP contribution in [0.3, 0.4) is 0 Å². The van der Waals surface area contributed by atoms with E-state index in [1.807, 2.05) is 0 Å². The molecule has 0 spiro atoms. The topological polar surface area (TPSA) is 140 Å². The summed E-state index contributed by atoms with van der Waals surface area (Å²) in [6.07, 6.45) is 0.269. The van der Waals surface area contributed by atoms with E-state index in [-0.39, 0.29) is 17.1 Å². The van der Waals surface area contributed by atoms with E-state index in [1.165, 1.54) is 19.4 Å². The van der Waals surface area contributed by atoms with Crippen LogP contribution >= 0.6 is 11.3 Å². The zero-order valence-electron chi connectivity index (χ0n) is 12.9. The third kappa shape index (κ3) is 2.97. The first kappa shape index (κ1) is 17.9. The van der Waals surface area contributed by atoms with Crippen LogP contribution in [0.4, 0.5) is 4.79 Å². The largest absolute Gasteiger partial charge is 0.478 e. The lowest BCUT2D eigenvalue weighted by atomic mass is 10.3. The molecule has 2 N–H and O–H groups in total. The fourth-order valence-electron chi connectivity index (χ4n) is 1.95. The van der Waals surface area contributed by atoms with Gasteiger partial charge < -0.3 is 5.11 Å². The summed E-state index contributed by atoms with van der Waals surface area (Å²) in [6, 6.07) is -1.28. The van der Waals surface area contributed by atoms with Crippen LogP contribution in [0.5, 0.6) is 0 Å². The van der Waals surface area contributed by atoms with Gasteiger partial charge in [0.25, 0.3) is 10.0 Å². The van der Waals surface area contributed by atoms with Crippen LogP contribution < -0.4 is 10.4 Å². The van der Waals surface area contributed by atoms with Crippen molar-refractivity contribution in [1.29, 1.82) is 0 Å². The molecule has 130 valence electrons. The summed E-state index contributed by atoms with van der Waals surface area (Å²) < 4.78 is 28.0. The zero-order valence-corrected chi connectivity index (χ0v) is 14.6. The van der Waals surface area contributed by atoms with E-state index in [4.69, 9.17) is 5.11 Å². The van der Waals surface area contributed by atoms with Crippen LogP contribution in [-0.2, 0) is 23.5 Å². The third-order valence-corrected chi connectivity index (χ3v) is 5.96. The van der Waals surface area contributed by atoms with Crippen molar-refractivity contribution in [3.63, 3.8) is 0 Å². The molecular formula is C12H14N4O6S2. The van der Waals surface area contributed by atoms with E-state index in [0.29, 0.717) is 4.68 Å². The number of nitrogens with zero attached hydrogens (tertiary/aromatic N) is 3. The molecule has 24 heavy (non-hydrogen) atoms. The molecule has 0 saturated heterocycles. The SMILES string of the molecule is CCc1scc(C(=O)O)c1S(=O)(=O)NC(=O)n1nc(C)n(C)c1=O. The van der Waals surface area contributed by atoms with Gasteiger partial charge in [-0.25, -0.2) is 27.5 Å². The summed E-state index contributed by atoms with van der Waals surface area (Å²) in [7, 11) is -3.11. The number of amides is 1. The number of aromatic nitrogens is 3. The highest BCUT2D eigenvalue weighted by molar-refractivity contribution is 7.90. The maximum Gasteiger partial charge on any atom is 0.360 e. The second-order valence-corrected chi connectivity index (χ2v) is 7.36. The van der Waals surface area contributed by atoms with Gasteiger partial charge in [-0.05, 0) is 13.3 Å². The molecular weight excluding hydrogens is 360 g/mol. The van der Waals surface area contributed by atoms with E-state index < -0.39 is 38.2 Å². The van der Waals surface area contributed by atoms with Crippen LogP contribution in [0.1, 0.15) is 28.0 Å². The van der Waals surface area contributed by atoms with Gasteiger partial charge in [0, 0.05) is 17.3 Å². The molecule has 2 rings (SSSR count). The number of hydrogen-bond acceptors (Lipinski definition) is 7. The second kappa shape index (κ2) is 6.20. The van der Waals surface area contributed by atoms with Gasteiger partial charge in [0.05, 0.1) is 5.56 Å². The number of carboxylic acids is 1. The normalized spacial score (nSPS) is 11.5. The molecule has 0 bridgehead atoms. The minimum Gasteiger partial charge on any atom is -0.478 e. The summed E-state index contributed by atoms with van der Waals surface area (Å²) in [5.74, 6) is -1.21. The quantitative estimate of drug-likeness (QED) is 0.776. The number of sulfonamides is 1. The highest BCUT2D eigenvalue weighted by Crippen LogP contribution is 2.28. The number of hydrogen-bond donors (Lipinski definition) is 2. The lowest BCUT2D eigenvalue weighted by Crippen LogP contribution is -2.40. The Bertz CT molecular complexity index is 982. The molecule has 2 heterocycles. The Hall–Kier alpha value is -2.47. The Balaban J connectivity index is 2.47. The molecule has 2 aromatic heterocycles. The van der Waals surface area contributed by atoms with Crippen LogP contribution in [0, 0.1) is 6.92 Å². The highest BCUT2D eigenvalue weighted by Gasteiger charge is 2.30. The fourth-order valence-corrected chi connectivity index (χ4v) is 4.66. The first-order valence-electron chi connectivity index (χ1n) is 6.63. The van der Waals surface area contributed by atoms with Crippen molar-refractivity contribution in [2.75, 3.05) is 0 Å².